The topological polar surface area (TPSA) is 69.9 Å². The highest BCUT2D eigenvalue weighted by atomic mass is 32.1. The van der Waals surface area contributed by atoms with Gasteiger partial charge < -0.3 is 14.0 Å². The molecule has 0 atom stereocenters. The van der Waals surface area contributed by atoms with E-state index in [1.807, 2.05) is 51.1 Å². The number of hydrogen-bond donors (Lipinski definition) is 0. The van der Waals surface area contributed by atoms with Crippen molar-refractivity contribution in [2.24, 2.45) is 4.99 Å². The molecule has 3 rings (SSSR count). The number of ether oxygens (including phenoxy) is 2. The predicted octanol–water partition coefficient (Wildman–Crippen LogP) is 3.31. The SMILES string of the molecule is COC(=O)Cn1c(=NC(=O)COc2cccc(C)c2)sc2cc(C)c(C)cc21. The maximum atomic E-state index is 12.4. The molecule has 0 N–H and O–H groups in total. The number of carbonyl (C=O) groups excluding carboxylic acids is 2. The molecule has 1 heterocycles. The number of thiazole rings is 1. The van der Waals surface area contributed by atoms with E-state index in [9.17, 15) is 9.59 Å². The zero-order valence-electron chi connectivity index (χ0n) is 16.3. The Morgan fingerprint density at radius 1 is 1.11 bits per heavy atom. The fourth-order valence-corrected chi connectivity index (χ4v) is 3.87. The summed E-state index contributed by atoms with van der Waals surface area (Å²) >= 11 is 1.36. The Morgan fingerprint density at radius 2 is 1.86 bits per heavy atom. The summed E-state index contributed by atoms with van der Waals surface area (Å²) in [6.07, 6.45) is 0. The van der Waals surface area contributed by atoms with Crippen molar-refractivity contribution in [2.75, 3.05) is 13.7 Å². The van der Waals surface area contributed by atoms with Gasteiger partial charge in [-0.3, -0.25) is 9.59 Å². The second-order valence-electron chi connectivity index (χ2n) is 6.56. The Kier molecular flexibility index (Phi) is 5.94. The molecule has 0 aliphatic heterocycles. The molecule has 0 fully saturated rings. The van der Waals surface area contributed by atoms with Gasteiger partial charge in [0.2, 0.25) is 0 Å². The molecule has 0 saturated carbocycles. The minimum absolute atomic E-state index is 0.0101. The number of aryl methyl sites for hydroxylation is 3. The average Bonchev–Trinajstić information content (AvgIpc) is 2.96. The lowest BCUT2D eigenvalue weighted by molar-refractivity contribution is -0.141. The molecule has 0 aliphatic carbocycles. The van der Waals surface area contributed by atoms with Crippen molar-refractivity contribution in [1.82, 2.24) is 4.57 Å². The normalized spacial score (nSPS) is 11.6. The minimum atomic E-state index is -0.417. The van der Waals surface area contributed by atoms with Crippen molar-refractivity contribution in [3.05, 3.63) is 57.9 Å². The van der Waals surface area contributed by atoms with Gasteiger partial charge in [0, 0.05) is 0 Å². The number of amides is 1. The monoisotopic (exact) mass is 398 g/mol. The summed E-state index contributed by atoms with van der Waals surface area (Å²) in [7, 11) is 1.34. The summed E-state index contributed by atoms with van der Waals surface area (Å²) in [6, 6.07) is 11.5. The van der Waals surface area contributed by atoms with Crippen LogP contribution in [0.4, 0.5) is 0 Å². The van der Waals surface area contributed by atoms with Crippen LogP contribution in [-0.4, -0.2) is 30.2 Å². The molecule has 7 heteroatoms. The minimum Gasteiger partial charge on any atom is -0.484 e. The van der Waals surface area contributed by atoms with Crippen LogP contribution < -0.4 is 9.54 Å². The van der Waals surface area contributed by atoms with E-state index in [4.69, 9.17) is 9.47 Å². The van der Waals surface area contributed by atoms with Crippen molar-refractivity contribution in [3.63, 3.8) is 0 Å². The van der Waals surface area contributed by atoms with Gasteiger partial charge in [0.1, 0.15) is 12.3 Å². The number of aromatic nitrogens is 1. The van der Waals surface area contributed by atoms with Crippen LogP contribution in [0.2, 0.25) is 0 Å². The van der Waals surface area contributed by atoms with Crippen LogP contribution >= 0.6 is 11.3 Å². The highest BCUT2D eigenvalue weighted by Gasteiger charge is 2.13. The maximum Gasteiger partial charge on any atom is 0.325 e. The molecule has 0 radical (unpaired) electrons. The van der Waals surface area contributed by atoms with Gasteiger partial charge in [-0.15, -0.1) is 0 Å². The fraction of sp³-hybridized carbons (Fsp3) is 0.286. The maximum absolute atomic E-state index is 12.4. The quantitative estimate of drug-likeness (QED) is 0.619. The van der Waals surface area contributed by atoms with Gasteiger partial charge in [-0.2, -0.15) is 4.99 Å². The van der Waals surface area contributed by atoms with E-state index in [-0.39, 0.29) is 13.2 Å². The summed E-state index contributed by atoms with van der Waals surface area (Å²) in [6.45, 7) is 5.80. The smallest absolute Gasteiger partial charge is 0.325 e. The van der Waals surface area contributed by atoms with E-state index >= 15 is 0 Å². The third kappa shape index (κ3) is 4.48. The van der Waals surface area contributed by atoms with E-state index in [2.05, 4.69) is 4.99 Å². The molecule has 0 bridgehead atoms. The second-order valence-corrected chi connectivity index (χ2v) is 7.57. The summed E-state index contributed by atoms with van der Waals surface area (Å²) in [5.41, 5.74) is 4.14. The third-order valence-electron chi connectivity index (χ3n) is 4.39. The number of nitrogens with zero attached hydrogens (tertiary/aromatic N) is 2. The largest absolute Gasteiger partial charge is 0.484 e. The van der Waals surface area contributed by atoms with Crippen LogP contribution in [0.5, 0.6) is 5.75 Å². The number of esters is 1. The number of fused-ring (bicyclic) bond motifs is 1. The Morgan fingerprint density at radius 3 is 2.57 bits per heavy atom. The first-order chi connectivity index (χ1) is 13.4. The molecule has 2 aromatic carbocycles. The van der Waals surface area contributed by atoms with Crippen LogP contribution in [0, 0.1) is 20.8 Å². The van der Waals surface area contributed by atoms with E-state index in [1.165, 1.54) is 18.4 Å². The highest BCUT2D eigenvalue weighted by molar-refractivity contribution is 7.16. The lowest BCUT2D eigenvalue weighted by atomic mass is 10.1. The van der Waals surface area contributed by atoms with Crippen molar-refractivity contribution in [2.45, 2.75) is 27.3 Å². The number of benzene rings is 2. The van der Waals surface area contributed by atoms with E-state index < -0.39 is 11.9 Å². The van der Waals surface area contributed by atoms with E-state index in [0.717, 1.165) is 26.9 Å². The van der Waals surface area contributed by atoms with Crippen LogP contribution in [-0.2, 0) is 20.9 Å². The molecule has 0 unspecified atom stereocenters. The average molecular weight is 398 g/mol. The Bertz CT molecular complexity index is 1110. The van der Waals surface area contributed by atoms with Crippen molar-refractivity contribution < 1.29 is 19.1 Å². The van der Waals surface area contributed by atoms with Gasteiger partial charge in [-0.05, 0) is 61.7 Å². The van der Waals surface area contributed by atoms with E-state index in [0.29, 0.717) is 10.6 Å². The lowest BCUT2D eigenvalue weighted by Gasteiger charge is -2.06. The van der Waals surface area contributed by atoms with Gasteiger partial charge in [0.15, 0.2) is 11.4 Å². The standard InChI is InChI=1S/C21H22N2O4S/c1-13-6-5-7-16(8-13)27-12-19(24)22-21-23(11-20(25)26-4)17-9-14(2)15(3)10-18(17)28-21/h5-10H,11-12H2,1-4H3. The number of hydrogen-bond acceptors (Lipinski definition) is 5. The third-order valence-corrected chi connectivity index (χ3v) is 5.43. The highest BCUT2D eigenvalue weighted by Crippen LogP contribution is 2.22. The molecule has 146 valence electrons. The Labute approximate surface area is 167 Å². The van der Waals surface area contributed by atoms with Crippen LogP contribution in [0.15, 0.2) is 41.4 Å². The first-order valence-corrected chi connectivity index (χ1v) is 9.63. The molecule has 1 amide bonds. The summed E-state index contributed by atoms with van der Waals surface area (Å²) in [5.74, 6) is -0.198. The van der Waals surface area contributed by atoms with Crippen molar-refractivity contribution >= 4 is 33.4 Å². The first-order valence-electron chi connectivity index (χ1n) is 8.82. The molecular weight excluding hydrogens is 376 g/mol. The molecule has 3 aromatic rings. The van der Waals surface area contributed by atoms with Gasteiger partial charge in [-0.25, -0.2) is 0 Å². The summed E-state index contributed by atoms with van der Waals surface area (Å²) in [4.78, 5) is 28.9. The zero-order chi connectivity index (χ0) is 20.3. The molecule has 1 aromatic heterocycles. The Hall–Kier alpha value is -2.93. The van der Waals surface area contributed by atoms with Crippen LogP contribution in [0.3, 0.4) is 0 Å². The molecular formula is C21H22N2O4S. The van der Waals surface area contributed by atoms with Gasteiger partial charge in [0.25, 0.3) is 5.91 Å². The van der Waals surface area contributed by atoms with Crippen molar-refractivity contribution in [1.29, 1.82) is 0 Å². The number of methoxy groups -OCH3 is 1. The summed E-state index contributed by atoms with van der Waals surface area (Å²) in [5, 5.41) is 0. The van der Waals surface area contributed by atoms with E-state index in [1.54, 1.807) is 10.6 Å². The van der Waals surface area contributed by atoms with Gasteiger partial charge >= 0.3 is 5.97 Å². The molecule has 28 heavy (non-hydrogen) atoms. The van der Waals surface area contributed by atoms with Crippen LogP contribution in [0.1, 0.15) is 16.7 Å². The Balaban J connectivity index is 1.94. The zero-order valence-corrected chi connectivity index (χ0v) is 17.1. The van der Waals surface area contributed by atoms with Gasteiger partial charge in [-0.1, -0.05) is 23.5 Å². The fourth-order valence-electron chi connectivity index (χ4n) is 2.74. The lowest BCUT2D eigenvalue weighted by Crippen LogP contribution is -2.23. The van der Waals surface area contributed by atoms with Gasteiger partial charge in [0.05, 0.1) is 17.3 Å². The predicted molar refractivity (Wildman–Crippen MR) is 109 cm³/mol. The second kappa shape index (κ2) is 8.39. The summed E-state index contributed by atoms with van der Waals surface area (Å²) < 4.78 is 13.0. The molecule has 0 saturated heterocycles. The molecule has 0 aliphatic rings. The van der Waals surface area contributed by atoms with Crippen molar-refractivity contribution in [3.8, 4) is 5.75 Å². The number of carbonyl (C=O) groups is 2. The molecule has 6 nitrogen and oxygen atoms in total. The number of rotatable bonds is 5. The first kappa shape index (κ1) is 19.8. The molecule has 0 spiro atoms. The van der Waals surface area contributed by atoms with Crippen LogP contribution in [0.25, 0.3) is 10.2 Å².